The first kappa shape index (κ1) is 17.4. The van der Waals surface area contributed by atoms with E-state index in [1.54, 1.807) is 0 Å². The van der Waals surface area contributed by atoms with Gasteiger partial charge in [0.15, 0.2) is 0 Å². The maximum atomic E-state index is 12.7. The van der Waals surface area contributed by atoms with Crippen molar-refractivity contribution in [3.63, 3.8) is 0 Å². The van der Waals surface area contributed by atoms with Gasteiger partial charge in [-0.1, -0.05) is 24.6 Å². The number of likely N-dealkylation sites (tertiary alicyclic amines) is 1. The second kappa shape index (κ2) is 7.24. The molecule has 0 saturated carbocycles. The van der Waals surface area contributed by atoms with E-state index in [9.17, 15) is 4.79 Å². The summed E-state index contributed by atoms with van der Waals surface area (Å²) in [5.74, 6) is 0.176. The quantitative estimate of drug-likeness (QED) is 0.851. The second-order valence-corrected chi connectivity index (χ2v) is 7.65. The molecule has 0 unspecified atom stereocenters. The molecule has 4 nitrogen and oxygen atoms in total. The number of nitrogens with zero attached hydrogens (tertiary/aromatic N) is 2. The highest BCUT2D eigenvalue weighted by molar-refractivity contribution is 5.94. The highest BCUT2D eigenvalue weighted by atomic mass is 16.5. The number of likely N-dealkylation sites (N-methyl/N-ethyl adjacent to an activating group) is 1. The van der Waals surface area contributed by atoms with Crippen LogP contribution in [-0.4, -0.2) is 61.6 Å². The summed E-state index contributed by atoms with van der Waals surface area (Å²) in [7, 11) is 2.15. The van der Waals surface area contributed by atoms with Gasteiger partial charge in [0.2, 0.25) is 0 Å². The molecule has 0 aromatic heterocycles. The molecule has 0 bridgehead atoms. The van der Waals surface area contributed by atoms with Crippen LogP contribution in [0.4, 0.5) is 0 Å². The van der Waals surface area contributed by atoms with Crippen LogP contribution < -0.4 is 0 Å². The zero-order valence-electron chi connectivity index (χ0n) is 15.3. The fourth-order valence-electron chi connectivity index (χ4n) is 3.98. The summed E-state index contributed by atoms with van der Waals surface area (Å²) in [6, 6.07) is 7.91. The molecule has 1 amide bonds. The Morgan fingerprint density at radius 3 is 2.79 bits per heavy atom. The van der Waals surface area contributed by atoms with Gasteiger partial charge in [-0.3, -0.25) is 4.79 Å². The van der Waals surface area contributed by atoms with Gasteiger partial charge in [0, 0.05) is 25.2 Å². The lowest BCUT2D eigenvalue weighted by atomic mass is 9.76. The molecule has 132 valence electrons. The van der Waals surface area contributed by atoms with Gasteiger partial charge in [-0.15, -0.1) is 0 Å². The third-order valence-electron chi connectivity index (χ3n) is 5.72. The van der Waals surface area contributed by atoms with Crippen molar-refractivity contribution in [2.75, 3.05) is 39.8 Å². The van der Waals surface area contributed by atoms with Gasteiger partial charge in [0.05, 0.1) is 12.7 Å². The molecule has 2 saturated heterocycles. The number of piperidine rings is 1. The van der Waals surface area contributed by atoms with Crippen LogP contribution in [0, 0.1) is 12.3 Å². The summed E-state index contributed by atoms with van der Waals surface area (Å²) >= 11 is 0. The zero-order valence-corrected chi connectivity index (χ0v) is 15.3. The van der Waals surface area contributed by atoms with Gasteiger partial charge in [0.1, 0.15) is 0 Å². The average molecular weight is 330 g/mol. The minimum atomic E-state index is 0.176. The van der Waals surface area contributed by atoms with E-state index in [1.165, 1.54) is 0 Å². The topological polar surface area (TPSA) is 32.8 Å². The third kappa shape index (κ3) is 3.81. The van der Waals surface area contributed by atoms with Crippen molar-refractivity contribution in [2.24, 2.45) is 5.41 Å². The molecule has 1 aromatic carbocycles. The summed E-state index contributed by atoms with van der Waals surface area (Å²) in [5, 5.41) is 0. The van der Waals surface area contributed by atoms with E-state index in [-0.39, 0.29) is 5.91 Å². The summed E-state index contributed by atoms with van der Waals surface area (Å²) < 4.78 is 6.07. The lowest BCUT2D eigenvalue weighted by Gasteiger charge is -2.38. The smallest absolute Gasteiger partial charge is 0.253 e. The summed E-state index contributed by atoms with van der Waals surface area (Å²) in [5.41, 5.74) is 2.25. The van der Waals surface area contributed by atoms with E-state index in [0.717, 1.165) is 63.2 Å². The fourth-order valence-corrected chi connectivity index (χ4v) is 3.98. The Labute approximate surface area is 145 Å². The molecule has 0 N–H and O–H groups in total. The first-order chi connectivity index (χ1) is 11.5. The Balaban J connectivity index is 1.55. The summed E-state index contributed by atoms with van der Waals surface area (Å²) in [4.78, 5) is 17.0. The lowest BCUT2D eigenvalue weighted by molar-refractivity contribution is 0.0463. The molecular weight excluding hydrogens is 300 g/mol. The van der Waals surface area contributed by atoms with Crippen molar-refractivity contribution in [1.29, 1.82) is 0 Å². The van der Waals surface area contributed by atoms with E-state index in [2.05, 4.69) is 18.9 Å². The number of rotatable bonds is 4. The minimum absolute atomic E-state index is 0.176. The number of carbonyl (C=O) groups excluding carboxylic acids is 1. The van der Waals surface area contributed by atoms with Crippen LogP contribution in [0.15, 0.2) is 24.3 Å². The number of hydrogen-bond donors (Lipinski definition) is 0. The van der Waals surface area contributed by atoms with E-state index in [4.69, 9.17) is 4.74 Å². The molecule has 1 spiro atoms. The van der Waals surface area contributed by atoms with Crippen LogP contribution in [0.1, 0.15) is 42.1 Å². The molecule has 2 aliphatic rings. The molecule has 24 heavy (non-hydrogen) atoms. The zero-order chi connectivity index (χ0) is 17.2. The van der Waals surface area contributed by atoms with Crippen LogP contribution in [0.25, 0.3) is 0 Å². The van der Waals surface area contributed by atoms with Crippen molar-refractivity contribution in [3.8, 4) is 0 Å². The Hall–Kier alpha value is -1.39. The Kier molecular flexibility index (Phi) is 5.26. The highest BCUT2D eigenvalue weighted by Crippen LogP contribution is 2.42. The SMILES string of the molecule is CCN(C)C[C@@H]1CC2(CCN(C(=O)c3cccc(C)c3)CC2)CO1. The molecule has 2 heterocycles. The fraction of sp³-hybridized carbons (Fsp3) is 0.650. The maximum absolute atomic E-state index is 12.7. The van der Waals surface area contributed by atoms with Crippen molar-refractivity contribution < 1.29 is 9.53 Å². The number of amides is 1. The molecular formula is C20H30N2O2. The monoisotopic (exact) mass is 330 g/mol. The largest absolute Gasteiger partial charge is 0.376 e. The molecule has 1 aromatic rings. The van der Waals surface area contributed by atoms with Crippen molar-refractivity contribution in [3.05, 3.63) is 35.4 Å². The Bertz CT molecular complexity index is 579. The molecule has 1 atom stereocenters. The van der Waals surface area contributed by atoms with Crippen LogP contribution in [0.5, 0.6) is 0 Å². The highest BCUT2D eigenvalue weighted by Gasteiger charge is 2.43. The first-order valence-electron chi connectivity index (χ1n) is 9.17. The minimum Gasteiger partial charge on any atom is -0.376 e. The van der Waals surface area contributed by atoms with E-state index in [0.29, 0.717) is 11.5 Å². The number of benzene rings is 1. The molecule has 2 aliphatic heterocycles. The van der Waals surface area contributed by atoms with E-state index >= 15 is 0 Å². The van der Waals surface area contributed by atoms with Crippen molar-refractivity contribution in [2.45, 2.75) is 39.2 Å². The number of ether oxygens (including phenoxy) is 1. The van der Waals surface area contributed by atoms with Gasteiger partial charge >= 0.3 is 0 Å². The first-order valence-corrected chi connectivity index (χ1v) is 9.17. The molecule has 0 radical (unpaired) electrons. The molecule has 2 fully saturated rings. The van der Waals surface area contributed by atoms with Crippen LogP contribution in [0.2, 0.25) is 0 Å². The van der Waals surface area contributed by atoms with Crippen LogP contribution >= 0.6 is 0 Å². The Morgan fingerprint density at radius 2 is 2.12 bits per heavy atom. The maximum Gasteiger partial charge on any atom is 0.253 e. The van der Waals surface area contributed by atoms with Gasteiger partial charge < -0.3 is 14.5 Å². The molecule has 3 rings (SSSR count). The van der Waals surface area contributed by atoms with Gasteiger partial charge in [-0.25, -0.2) is 0 Å². The van der Waals surface area contributed by atoms with Crippen LogP contribution in [-0.2, 0) is 4.74 Å². The Morgan fingerprint density at radius 1 is 1.38 bits per heavy atom. The number of hydrogen-bond acceptors (Lipinski definition) is 3. The lowest BCUT2D eigenvalue weighted by Crippen LogP contribution is -2.43. The molecule has 0 aliphatic carbocycles. The number of carbonyl (C=O) groups is 1. The predicted octanol–water partition coefficient (Wildman–Crippen LogP) is 2.96. The third-order valence-corrected chi connectivity index (χ3v) is 5.72. The normalized spacial score (nSPS) is 23.2. The van der Waals surface area contributed by atoms with E-state index in [1.807, 2.05) is 36.1 Å². The summed E-state index contributed by atoms with van der Waals surface area (Å²) in [6.45, 7) is 8.86. The van der Waals surface area contributed by atoms with Crippen molar-refractivity contribution in [1.82, 2.24) is 9.80 Å². The standard InChI is InChI=1S/C20H30N2O2/c1-4-21(3)14-18-13-20(15-24-18)8-10-22(11-9-20)19(23)17-7-5-6-16(2)12-17/h5-7,12,18H,4,8-11,13-15H2,1-3H3/t18-/m0/s1. The predicted molar refractivity (Wildman–Crippen MR) is 96.3 cm³/mol. The van der Waals surface area contributed by atoms with E-state index < -0.39 is 0 Å². The van der Waals surface area contributed by atoms with Crippen LogP contribution in [0.3, 0.4) is 0 Å². The molecule has 4 heteroatoms. The van der Waals surface area contributed by atoms with Crippen molar-refractivity contribution >= 4 is 5.91 Å². The summed E-state index contributed by atoms with van der Waals surface area (Å²) in [6.07, 6.45) is 3.63. The van der Waals surface area contributed by atoms with Gasteiger partial charge in [-0.05, 0) is 57.3 Å². The average Bonchev–Trinajstić information content (AvgIpc) is 2.97. The van der Waals surface area contributed by atoms with Gasteiger partial charge in [0.25, 0.3) is 5.91 Å². The number of aryl methyl sites for hydroxylation is 1. The second-order valence-electron chi connectivity index (χ2n) is 7.65. The van der Waals surface area contributed by atoms with Gasteiger partial charge in [-0.2, -0.15) is 0 Å².